The lowest BCUT2D eigenvalue weighted by molar-refractivity contribution is 0.0656. The Kier molecular flexibility index (Phi) is 3.85. The second-order valence-electron chi connectivity index (χ2n) is 6.97. The van der Waals surface area contributed by atoms with E-state index in [1.165, 1.54) is 24.2 Å². The molecule has 112 valence electrons. The van der Waals surface area contributed by atoms with Crippen molar-refractivity contribution in [2.24, 2.45) is 17.8 Å². The molecule has 0 saturated heterocycles. The Balaban J connectivity index is 1.65. The summed E-state index contributed by atoms with van der Waals surface area (Å²) < 4.78 is 7.95. The lowest BCUT2D eigenvalue weighted by Crippen LogP contribution is -2.10. The summed E-state index contributed by atoms with van der Waals surface area (Å²) in [5.74, 6) is 2.53. The summed E-state index contributed by atoms with van der Waals surface area (Å²) in [5.41, 5.74) is 2.63. The summed E-state index contributed by atoms with van der Waals surface area (Å²) in [6.45, 7) is 9.58. The van der Waals surface area contributed by atoms with Crippen molar-refractivity contribution in [3.05, 3.63) is 11.4 Å². The average molecular weight is 277 g/mol. The molecule has 2 aliphatic carbocycles. The molecule has 1 fully saturated rings. The maximum Gasteiger partial charge on any atom is 0.0859 e. The minimum Gasteiger partial charge on any atom is -0.378 e. The highest BCUT2D eigenvalue weighted by atomic mass is 16.5. The van der Waals surface area contributed by atoms with Gasteiger partial charge in [-0.1, -0.05) is 5.21 Å². The molecule has 4 heteroatoms. The molecule has 0 aliphatic heterocycles. The van der Waals surface area contributed by atoms with E-state index in [0.29, 0.717) is 12.1 Å². The van der Waals surface area contributed by atoms with E-state index >= 15 is 0 Å². The topological polar surface area (TPSA) is 39.9 Å². The number of aromatic nitrogens is 3. The molecule has 0 radical (unpaired) electrons. The van der Waals surface area contributed by atoms with Gasteiger partial charge in [0.15, 0.2) is 0 Å². The molecule has 2 aliphatic rings. The second kappa shape index (κ2) is 5.47. The molecule has 20 heavy (non-hydrogen) atoms. The molecule has 0 aromatic carbocycles. The third kappa shape index (κ3) is 2.62. The van der Waals surface area contributed by atoms with Crippen molar-refractivity contribution in [2.45, 2.75) is 65.5 Å². The maximum absolute atomic E-state index is 5.83. The number of hydrogen-bond acceptors (Lipinski definition) is 3. The molecule has 1 aromatic heterocycles. The van der Waals surface area contributed by atoms with E-state index in [-0.39, 0.29) is 0 Å². The fourth-order valence-corrected chi connectivity index (χ4v) is 3.75. The Morgan fingerprint density at radius 1 is 1.15 bits per heavy atom. The summed E-state index contributed by atoms with van der Waals surface area (Å²) in [4.78, 5) is 0. The smallest absolute Gasteiger partial charge is 0.0859 e. The fraction of sp³-hybridized carbons (Fsp3) is 0.875. The van der Waals surface area contributed by atoms with E-state index < -0.39 is 0 Å². The van der Waals surface area contributed by atoms with Gasteiger partial charge in [-0.05, 0) is 71.1 Å². The molecule has 1 saturated carbocycles. The van der Waals surface area contributed by atoms with Crippen LogP contribution in [0.4, 0.5) is 0 Å². The minimum atomic E-state index is 0.357. The number of ether oxygens (including phenoxy) is 1. The molecular formula is C16H27N3O. The second-order valence-corrected chi connectivity index (χ2v) is 6.97. The highest BCUT2D eigenvalue weighted by Crippen LogP contribution is 2.53. The van der Waals surface area contributed by atoms with Crippen LogP contribution < -0.4 is 0 Å². The van der Waals surface area contributed by atoms with Crippen molar-refractivity contribution in [3.8, 4) is 0 Å². The number of hydrogen-bond donors (Lipinski definition) is 0. The zero-order valence-corrected chi connectivity index (χ0v) is 13.2. The van der Waals surface area contributed by atoms with Crippen LogP contribution in [0.2, 0.25) is 0 Å². The van der Waals surface area contributed by atoms with Crippen molar-refractivity contribution in [1.82, 2.24) is 15.0 Å². The van der Waals surface area contributed by atoms with Crippen LogP contribution >= 0.6 is 0 Å². The molecule has 0 N–H and O–H groups in total. The number of fused-ring (bicyclic) bond motifs is 2. The highest BCUT2D eigenvalue weighted by molar-refractivity contribution is 5.15. The van der Waals surface area contributed by atoms with Gasteiger partial charge in [0.1, 0.15) is 0 Å². The fourth-order valence-electron chi connectivity index (χ4n) is 3.75. The van der Waals surface area contributed by atoms with Gasteiger partial charge in [0.2, 0.25) is 0 Å². The molecule has 3 atom stereocenters. The monoisotopic (exact) mass is 277 g/mol. The van der Waals surface area contributed by atoms with E-state index in [0.717, 1.165) is 37.2 Å². The first-order valence-electron chi connectivity index (χ1n) is 8.12. The van der Waals surface area contributed by atoms with Crippen molar-refractivity contribution >= 4 is 0 Å². The molecule has 0 amide bonds. The van der Waals surface area contributed by atoms with Crippen molar-refractivity contribution in [2.75, 3.05) is 6.61 Å². The predicted molar refractivity (Wildman–Crippen MR) is 78.6 cm³/mol. The summed E-state index contributed by atoms with van der Waals surface area (Å²) in [5, 5.41) is 8.75. The van der Waals surface area contributed by atoms with Crippen LogP contribution in [-0.2, 0) is 17.6 Å². The molecule has 4 nitrogen and oxygen atoms in total. The molecular weight excluding hydrogens is 250 g/mol. The molecule has 1 aromatic rings. The van der Waals surface area contributed by atoms with Crippen LogP contribution in [0, 0.1) is 17.8 Å². The number of aryl methyl sites for hydroxylation is 1. The molecule has 3 rings (SSSR count). The zero-order chi connectivity index (χ0) is 14.3. The summed E-state index contributed by atoms with van der Waals surface area (Å²) in [7, 11) is 0. The summed E-state index contributed by atoms with van der Waals surface area (Å²) in [6, 6.07) is 0.417. The van der Waals surface area contributed by atoms with Crippen molar-refractivity contribution < 1.29 is 4.74 Å². The molecule has 0 unspecified atom stereocenters. The number of rotatable bonds is 4. The van der Waals surface area contributed by atoms with E-state index in [9.17, 15) is 0 Å². The Hall–Kier alpha value is -0.900. The summed E-state index contributed by atoms with van der Waals surface area (Å²) >= 11 is 0. The van der Waals surface area contributed by atoms with Crippen LogP contribution in [0.15, 0.2) is 0 Å². The zero-order valence-electron chi connectivity index (χ0n) is 13.2. The van der Waals surface area contributed by atoms with Gasteiger partial charge in [0, 0.05) is 6.04 Å². The Labute approximate surface area is 121 Å². The Bertz CT molecular complexity index is 466. The third-order valence-electron chi connectivity index (χ3n) is 4.92. The minimum absolute atomic E-state index is 0.357. The molecule has 0 spiro atoms. The maximum atomic E-state index is 5.83. The van der Waals surface area contributed by atoms with E-state index in [1.54, 1.807) is 0 Å². The standard InChI is InChI=1S/C16H27N3O/c1-10(2)19-16-8-6-13-12(5-7-15(16)17-18-19)14(13)9-20-11(3)4/h10-14H,5-9H2,1-4H3/t12-,13+,14-/m0/s1. The van der Waals surface area contributed by atoms with Crippen LogP contribution in [-0.4, -0.2) is 27.7 Å². The predicted octanol–water partition coefficient (Wildman–Crippen LogP) is 3.03. The quantitative estimate of drug-likeness (QED) is 0.849. The van der Waals surface area contributed by atoms with Gasteiger partial charge >= 0.3 is 0 Å². The SMILES string of the molecule is CC(C)OC[C@@H]1[C@@H]2CCc3c(nnn3C(C)C)CC[C@@H]21. The Morgan fingerprint density at radius 2 is 1.85 bits per heavy atom. The van der Waals surface area contributed by atoms with Crippen molar-refractivity contribution in [1.29, 1.82) is 0 Å². The molecule has 1 heterocycles. The Morgan fingerprint density at radius 3 is 2.50 bits per heavy atom. The normalized spacial score (nSPS) is 29.0. The first kappa shape index (κ1) is 14.1. The van der Waals surface area contributed by atoms with Gasteiger partial charge in [-0.3, -0.25) is 0 Å². The largest absolute Gasteiger partial charge is 0.378 e. The van der Waals surface area contributed by atoms with E-state index in [1.807, 2.05) is 0 Å². The first-order chi connectivity index (χ1) is 9.58. The van der Waals surface area contributed by atoms with Gasteiger partial charge in [-0.2, -0.15) is 0 Å². The van der Waals surface area contributed by atoms with Gasteiger partial charge in [-0.25, -0.2) is 4.68 Å². The van der Waals surface area contributed by atoms with Crippen LogP contribution in [0.5, 0.6) is 0 Å². The highest BCUT2D eigenvalue weighted by Gasteiger charge is 2.49. The number of nitrogens with zero attached hydrogens (tertiary/aromatic N) is 3. The van der Waals surface area contributed by atoms with Crippen LogP contribution in [0.3, 0.4) is 0 Å². The van der Waals surface area contributed by atoms with Gasteiger partial charge < -0.3 is 4.74 Å². The van der Waals surface area contributed by atoms with E-state index in [2.05, 4.69) is 42.7 Å². The van der Waals surface area contributed by atoms with Crippen molar-refractivity contribution in [3.63, 3.8) is 0 Å². The lowest BCUT2D eigenvalue weighted by atomic mass is 10.0. The molecule has 0 bridgehead atoms. The van der Waals surface area contributed by atoms with Crippen LogP contribution in [0.25, 0.3) is 0 Å². The third-order valence-corrected chi connectivity index (χ3v) is 4.92. The van der Waals surface area contributed by atoms with E-state index in [4.69, 9.17) is 4.74 Å². The van der Waals surface area contributed by atoms with Gasteiger partial charge in [0.25, 0.3) is 0 Å². The average Bonchev–Trinajstić information content (AvgIpc) is 2.85. The summed E-state index contributed by atoms with van der Waals surface area (Å²) in [6.07, 6.45) is 5.14. The van der Waals surface area contributed by atoms with Gasteiger partial charge in [-0.15, -0.1) is 5.10 Å². The first-order valence-corrected chi connectivity index (χ1v) is 8.12. The lowest BCUT2D eigenvalue weighted by Gasteiger charge is -2.12. The van der Waals surface area contributed by atoms with Crippen LogP contribution in [0.1, 0.15) is 58.0 Å². The van der Waals surface area contributed by atoms with Gasteiger partial charge in [0.05, 0.1) is 24.1 Å².